The Morgan fingerprint density at radius 3 is 2.50 bits per heavy atom. The predicted octanol–water partition coefficient (Wildman–Crippen LogP) is 2.80. The third-order valence-corrected chi connectivity index (χ3v) is 3.60. The van der Waals surface area contributed by atoms with Crippen molar-refractivity contribution in [1.29, 1.82) is 0 Å². The highest BCUT2D eigenvalue weighted by Crippen LogP contribution is 2.35. The van der Waals surface area contributed by atoms with Crippen LogP contribution in [0.15, 0.2) is 30.3 Å². The van der Waals surface area contributed by atoms with Crippen LogP contribution in [0.1, 0.15) is 37.7 Å². The largest absolute Gasteiger partial charge is 0.299 e. The number of ketones is 1. The molecule has 0 saturated heterocycles. The van der Waals surface area contributed by atoms with E-state index in [1.807, 2.05) is 30.3 Å². The first kappa shape index (κ1) is 12.7. The Hall–Kier alpha value is -1.71. The molecule has 0 aliphatic heterocycles. The lowest BCUT2D eigenvalue weighted by Crippen LogP contribution is -2.26. The van der Waals surface area contributed by atoms with Gasteiger partial charge >= 0.3 is 0 Å². The van der Waals surface area contributed by atoms with Gasteiger partial charge in [0, 0.05) is 24.2 Å². The molecule has 0 amide bonds. The Bertz CT molecular complexity index is 440. The number of hydrogen-bond acceptors (Lipinski definition) is 3. The topological polar surface area (TPSA) is 60.2 Å². The summed E-state index contributed by atoms with van der Waals surface area (Å²) in [5.41, 5.74) is 0.885. The Morgan fingerprint density at radius 1 is 1.39 bits per heavy atom. The van der Waals surface area contributed by atoms with Crippen molar-refractivity contribution in [2.45, 2.75) is 38.1 Å². The van der Waals surface area contributed by atoms with Crippen LogP contribution in [0.3, 0.4) is 0 Å². The summed E-state index contributed by atoms with van der Waals surface area (Å²) in [5.74, 6) is 0.0296. The van der Waals surface area contributed by atoms with E-state index >= 15 is 0 Å². The minimum Gasteiger partial charge on any atom is -0.299 e. The zero-order chi connectivity index (χ0) is 13.1. The van der Waals surface area contributed by atoms with Gasteiger partial charge in [0.2, 0.25) is 6.04 Å². The monoisotopic (exact) mass is 247 g/mol. The van der Waals surface area contributed by atoms with Gasteiger partial charge in [-0.25, -0.2) is 0 Å². The maximum Gasteiger partial charge on any atom is 0.217 e. The molecular weight excluding hydrogens is 230 g/mol. The van der Waals surface area contributed by atoms with Gasteiger partial charge in [-0.1, -0.05) is 30.3 Å². The molecule has 1 aromatic rings. The minimum atomic E-state index is -0.727. The van der Waals surface area contributed by atoms with Crippen LogP contribution in [-0.2, 0) is 4.79 Å². The van der Waals surface area contributed by atoms with Crippen LogP contribution < -0.4 is 0 Å². The lowest BCUT2D eigenvalue weighted by Gasteiger charge is -2.18. The highest BCUT2D eigenvalue weighted by Gasteiger charge is 2.36. The van der Waals surface area contributed by atoms with Crippen LogP contribution in [0.25, 0.3) is 0 Å². The van der Waals surface area contributed by atoms with Crippen molar-refractivity contribution < 1.29 is 9.72 Å². The second-order valence-corrected chi connectivity index (χ2v) is 4.99. The fraction of sp³-hybridized carbons (Fsp3) is 0.500. The van der Waals surface area contributed by atoms with E-state index in [9.17, 15) is 14.9 Å². The fourth-order valence-electron chi connectivity index (χ4n) is 2.20. The van der Waals surface area contributed by atoms with Gasteiger partial charge in [-0.15, -0.1) is 0 Å². The Kier molecular flexibility index (Phi) is 3.75. The average Bonchev–Trinajstić information content (AvgIpc) is 3.20. The summed E-state index contributed by atoms with van der Waals surface area (Å²) in [6, 6.07) is 8.60. The number of rotatable bonds is 6. The van der Waals surface area contributed by atoms with E-state index in [0.717, 1.165) is 18.4 Å². The van der Waals surface area contributed by atoms with E-state index < -0.39 is 6.04 Å². The third-order valence-electron chi connectivity index (χ3n) is 3.60. The van der Waals surface area contributed by atoms with Crippen LogP contribution in [0.2, 0.25) is 0 Å². The lowest BCUT2D eigenvalue weighted by molar-refractivity contribution is -0.522. The molecule has 96 valence electrons. The zero-order valence-electron chi connectivity index (χ0n) is 10.4. The predicted molar refractivity (Wildman–Crippen MR) is 68.0 cm³/mol. The smallest absolute Gasteiger partial charge is 0.217 e. The van der Waals surface area contributed by atoms with E-state index in [4.69, 9.17) is 0 Å². The minimum absolute atomic E-state index is 0.162. The van der Waals surface area contributed by atoms with Gasteiger partial charge < -0.3 is 0 Å². The summed E-state index contributed by atoms with van der Waals surface area (Å²) >= 11 is 0. The molecular formula is C14H17NO3. The summed E-state index contributed by atoms with van der Waals surface area (Å²) < 4.78 is 0. The molecule has 4 heteroatoms. The summed E-state index contributed by atoms with van der Waals surface area (Å²) in [6.45, 7) is 1.58. The molecule has 1 aliphatic rings. The molecule has 4 nitrogen and oxygen atoms in total. The van der Waals surface area contributed by atoms with E-state index in [1.54, 1.807) is 6.92 Å². The van der Waals surface area contributed by atoms with Gasteiger partial charge in [0.15, 0.2) is 0 Å². The number of hydrogen-bond donors (Lipinski definition) is 0. The van der Waals surface area contributed by atoms with Crippen molar-refractivity contribution in [3.05, 3.63) is 46.0 Å². The van der Waals surface area contributed by atoms with E-state index in [2.05, 4.69) is 0 Å². The van der Waals surface area contributed by atoms with Crippen LogP contribution in [0, 0.1) is 16.0 Å². The van der Waals surface area contributed by atoms with E-state index in [0.29, 0.717) is 0 Å². The van der Waals surface area contributed by atoms with Crippen LogP contribution in [-0.4, -0.2) is 16.7 Å². The molecule has 2 unspecified atom stereocenters. The summed E-state index contributed by atoms with van der Waals surface area (Å²) in [7, 11) is 0. The molecule has 2 rings (SSSR count). The fourth-order valence-corrected chi connectivity index (χ4v) is 2.20. The number of carbonyl (C=O) groups excluding carboxylic acids is 1. The first-order valence-corrected chi connectivity index (χ1v) is 6.30. The second-order valence-electron chi connectivity index (χ2n) is 4.99. The number of Topliss-reactive ketones (excluding diaryl/α,β-unsaturated/α-hetero) is 1. The first-order chi connectivity index (χ1) is 8.59. The van der Waals surface area contributed by atoms with Crippen molar-refractivity contribution in [3.63, 3.8) is 0 Å². The Labute approximate surface area is 106 Å². The maximum atomic E-state index is 11.9. The highest BCUT2D eigenvalue weighted by molar-refractivity contribution is 5.83. The van der Waals surface area contributed by atoms with Gasteiger partial charge in [-0.3, -0.25) is 14.9 Å². The van der Waals surface area contributed by atoms with Gasteiger partial charge in [-0.2, -0.15) is 0 Å². The van der Waals surface area contributed by atoms with E-state index in [-0.39, 0.29) is 29.0 Å². The van der Waals surface area contributed by atoms with Crippen LogP contribution in [0.4, 0.5) is 0 Å². The molecule has 0 aromatic heterocycles. The average molecular weight is 247 g/mol. The molecule has 0 spiro atoms. The second kappa shape index (κ2) is 5.29. The number of nitro groups is 1. The number of benzene rings is 1. The lowest BCUT2D eigenvalue weighted by atomic mass is 9.87. The summed E-state index contributed by atoms with van der Waals surface area (Å²) in [4.78, 5) is 22.6. The molecule has 2 atom stereocenters. The number of nitrogens with zero attached hydrogens (tertiary/aromatic N) is 1. The molecule has 1 saturated carbocycles. The normalized spacial score (nSPS) is 18.1. The van der Waals surface area contributed by atoms with Crippen molar-refractivity contribution >= 4 is 5.78 Å². The molecule has 0 N–H and O–H groups in total. The van der Waals surface area contributed by atoms with Crippen molar-refractivity contribution in [2.24, 2.45) is 5.92 Å². The van der Waals surface area contributed by atoms with Crippen molar-refractivity contribution in [3.8, 4) is 0 Å². The molecule has 18 heavy (non-hydrogen) atoms. The first-order valence-electron chi connectivity index (χ1n) is 6.30. The summed E-state index contributed by atoms with van der Waals surface area (Å²) in [5, 5.41) is 11.0. The van der Waals surface area contributed by atoms with Crippen LogP contribution in [0.5, 0.6) is 0 Å². The molecule has 1 aromatic carbocycles. The van der Waals surface area contributed by atoms with E-state index in [1.165, 1.54) is 0 Å². The van der Waals surface area contributed by atoms with Gasteiger partial charge in [0.25, 0.3) is 0 Å². The van der Waals surface area contributed by atoms with Crippen molar-refractivity contribution in [2.75, 3.05) is 0 Å². The number of carbonyl (C=O) groups is 1. The summed E-state index contributed by atoms with van der Waals surface area (Å²) in [6.07, 6.45) is 2.19. The van der Waals surface area contributed by atoms with Crippen LogP contribution >= 0.6 is 0 Å². The van der Waals surface area contributed by atoms with Gasteiger partial charge in [0.05, 0.1) is 5.92 Å². The Morgan fingerprint density at radius 2 is 2.00 bits per heavy atom. The van der Waals surface area contributed by atoms with Crippen molar-refractivity contribution in [1.82, 2.24) is 0 Å². The quantitative estimate of drug-likeness (QED) is 0.573. The Balaban J connectivity index is 2.16. The maximum absolute atomic E-state index is 11.9. The highest BCUT2D eigenvalue weighted by atomic mass is 16.6. The zero-order valence-corrected chi connectivity index (χ0v) is 10.4. The molecule has 1 aliphatic carbocycles. The molecule has 0 radical (unpaired) electrons. The molecule has 0 bridgehead atoms. The SMILES string of the molecule is CC(C(CC(=O)C1CC1)c1ccccc1)[N+](=O)[O-]. The third kappa shape index (κ3) is 2.94. The van der Waals surface area contributed by atoms with Gasteiger partial charge in [-0.05, 0) is 18.4 Å². The standard InChI is InChI=1S/C14H17NO3/c1-10(15(17)18)13(9-14(16)12-7-8-12)11-5-3-2-4-6-11/h2-6,10,12-13H,7-9H2,1H3. The molecule has 0 heterocycles. The molecule has 1 fully saturated rings. The van der Waals surface area contributed by atoms with Gasteiger partial charge in [0.1, 0.15) is 5.78 Å².